The fourth-order valence-corrected chi connectivity index (χ4v) is 6.06. The summed E-state index contributed by atoms with van der Waals surface area (Å²) in [6.07, 6.45) is 1.88. The Morgan fingerprint density at radius 2 is 1.89 bits per heavy atom. The van der Waals surface area contributed by atoms with Gasteiger partial charge in [0.15, 0.2) is 5.78 Å². The van der Waals surface area contributed by atoms with E-state index in [1.807, 2.05) is 41.8 Å². The molecule has 186 valence electrons. The molecule has 1 aliphatic carbocycles. The number of Topliss-reactive ketones (excluding diaryl/α,β-unsaturated/α-hetero) is 1. The summed E-state index contributed by atoms with van der Waals surface area (Å²) < 4.78 is 5.63. The molecule has 6 nitrogen and oxygen atoms in total. The smallest absolute Gasteiger partial charge is 0.262 e. The predicted octanol–water partition coefficient (Wildman–Crippen LogP) is 5.07. The quantitative estimate of drug-likeness (QED) is 0.436. The summed E-state index contributed by atoms with van der Waals surface area (Å²) in [5, 5.41) is 8.51. The molecule has 2 amide bonds. The number of ketones is 1. The molecule has 1 saturated heterocycles. The highest BCUT2D eigenvalue weighted by molar-refractivity contribution is 7.12. The van der Waals surface area contributed by atoms with Gasteiger partial charge in [0, 0.05) is 6.42 Å². The summed E-state index contributed by atoms with van der Waals surface area (Å²) in [4.78, 5) is 40.0. The van der Waals surface area contributed by atoms with E-state index in [1.165, 1.54) is 11.3 Å². The molecule has 2 heterocycles. The summed E-state index contributed by atoms with van der Waals surface area (Å²) >= 11 is 13.6. The van der Waals surface area contributed by atoms with Gasteiger partial charge < -0.3 is 15.4 Å². The van der Waals surface area contributed by atoms with Crippen LogP contribution in [0.2, 0.25) is 10.0 Å². The Labute approximate surface area is 222 Å². The number of hydrogen-bond acceptors (Lipinski definition) is 5. The number of halogens is 2. The normalized spacial score (nSPS) is 21.7. The van der Waals surface area contributed by atoms with Crippen LogP contribution in [0.25, 0.3) is 11.1 Å². The van der Waals surface area contributed by atoms with Gasteiger partial charge in [0.05, 0.1) is 21.0 Å². The largest absolute Gasteiger partial charge is 0.367 e. The van der Waals surface area contributed by atoms with Gasteiger partial charge in [-0.2, -0.15) is 0 Å². The third-order valence-corrected chi connectivity index (χ3v) is 8.49. The third kappa shape index (κ3) is 4.93. The average molecular weight is 543 g/mol. The van der Waals surface area contributed by atoms with Crippen molar-refractivity contribution in [1.82, 2.24) is 10.6 Å². The molecule has 36 heavy (non-hydrogen) atoms. The molecule has 3 aromatic rings. The molecule has 1 saturated carbocycles. The number of amides is 2. The highest BCUT2D eigenvalue weighted by Gasteiger charge is 2.55. The molecule has 0 spiro atoms. The van der Waals surface area contributed by atoms with Crippen LogP contribution in [-0.2, 0) is 20.7 Å². The maximum absolute atomic E-state index is 13.5. The van der Waals surface area contributed by atoms with Gasteiger partial charge in [0.25, 0.3) is 5.91 Å². The molecule has 0 radical (unpaired) electrons. The monoisotopic (exact) mass is 542 g/mol. The van der Waals surface area contributed by atoms with Crippen molar-refractivity contribution in [2.45, 2.75) is 43.4 Å². The van der Waals surface area contributed by atoms with Crippen LogP contribution in [0.3, 0.4) is 0 Å². The van der Waals surface area contributed by atoms with Gasteiger partial charge >= 0.3 is 0 Å². The zero-order chi connectivity index (χ0) is 25.3. The molecular formula is C27H24Cl2N2O4S. The second-order valence-electron chi connectivity index (χ2n) is 9.12. The van der Waals surface area contributed by atoms with Crippen molar-refractivity contribution in [2.75, 3.05) is 6.61 Å². The molecule has 2 aliphatic rings. The molecule has 0 bridgehead atoms. The van der Waals surface area contributed by atoms with Crippen LogP contribution in [0.5, 0.6) is 0 Å². The van der Waals surface area contributed by atoms with Gasteiger partial charge in [-0.05, 0) is 59.5 Å². The number of thiophene rings is 1. The van der Waals surface area contributed by atoms with E-state index in [4.69, 9.17) is 27.9 Å². The molecular weight excluding hydrogens is 519 g/mol. The lowest BCUT2D eigenvalue weighted by Gasteiger charge is -2.30. The number of rotatable bonds is 7. The van der Waals surface area contributed by atoms with Crippen molar-refractivity contribution in [3.8, 4) is 11.1 Å². The number of ether oxygens (including phenoxy) is 1. The predicted molar refractivity (Wildman–Crippen MR) is 141 cm³/mol. The topological polar surface area (TPSA) is 84.5 Å². The van der Waals surface area contributed by atoms with Crippen molar-refractivity contribution >= 4 is 52.1 Å². The second-order valence-corrected chi connectivity index (χ2v) is 10.8. The number of benzene rings is 2. The van der Waals surface area contributed by atoms with Gasteiger partial charge in [-0.25, -0.2) is 0 Å². The SMILES string of the molecule is O=C(NC(Cc1ccc(Cl)c(Cl)c1)C(=O)NC12CCCC1OCC2=O)c1cc(-c2ccccc2)cs1. The Bertz CT molecular complexity index is 1310. The highest BCUT2D eigenvalue weighted by Crippen LogP contribution is 2.38. The fourth-order valence-electron chi connectivity index (χ4n) is 4.92. The van der Waals surface area contributed by atoms with Crippen LogP contribution in [0.15, 0.2) is 60.0 Å². The Morgan fingerprint density at radius 1 is 1.08 bits per heavy atom. The highest BCUT2D eigenvalue weighted by atomic mass is 35.5. The van der Waals surface area contributed by atoms with Crippen molar-refractivity contribution in [3.63, 3.8) is 0 Å². The van der Waals surface area contributed by atoms with Crippen LogP contribution in [0.1, 0.15) is 34.5 Å². The van der Waals surface area contributed by atoms with Crippen LogP contribution in [0.4, 0.5) is 0 Å². The van der Waals surface area contributed by atoms with Crippen LogP contribution in [0, 0.1) is 0 Å². The lowest BCUT2D eigenvalue weighted by atomic mass is 9.91. The molecule has 2 fully saturated rings. The Kier molecular flexibility index (Phi) is 7.17. The average Bonchev–Trinajstić information content (AvgIpc) is 3.59. The molecule has 1 aromatic heterocycles. The Hall–Kier alpha value is -2.71. The van der Waals surface area contributed by atoms with E-state index in [1.54, 1.807) is 18.2 Å². The molecule has 2 N–H and O–H groups in total. The minimum Gasteiger partial charge on any atom is -0.367 e. The van der Waals surface area contributed by atoms with Crippen LogP contribution in [-0.4, -0.2) is 41.9 Å². The maximum atomic E-state index is 13.5. The van der Waals surface area contributed by atoms with Gasteiger partial charge in [0.1, 0.15) is 18.2 Å². The van der Waals surface area contributed by atoms with E-state index in [-0.39, 0.29) is 30.8 Å². The van der Waals surface area contributed by atoms with E-state index < -0.39 is 17.5 Å². The molecule has 3 unspecified atom stereocenters. The third-order valence-electron chi connectivity index (χ3n) is 6.82. The fraction of sp³-hybridized carbons (Fsp3) is 0.296. The lowest BCUT2D eigenvalue weighted by Crippen LogP contribution is -2.60. The van der Waals surface area contributed by atoms with Crippen molar-refractivity contribution in [3.05, 3.63) is 80.5 Å². The molecule has 5 rings (SSSR count). The minimum atomic E-state index is -1.03. The summed E-state index contributed by atoms with van der Waals surface area (Å²) in [6.45, 7) is -0.00772. The molecule has 2 aromatic carbocycles. The number of hydrogen-bond donors (Lipinski definition) is 2. The van der Waals surface area contributed by atoms with E-state index in [9.17, 15) is 14.4 Å². The van der Waals surface area contributed by atoms with Crippen LogP contribution >= 0.6 is 34.5 Å². The van der Waals surface area contributed by atoms with Gasteiger partial charge in [0.2, 0.25) is 5.91 Å². The van der Waals surface area contributed by atoms with E-state index >= 15 is 0 Å². The molecule has 9 heteroatoms. The van der Waals surface area contributed by atoms with Gasteiger partial charge in [-0.3, -0.25) is 14.4 Å². The Morgan fingerprint density at radius 3 is 2.67 bits per heavy atom. The van der Waals surface area contributed by atoms with Crippen molar-refractivity contribution in [2.24, 2.45) is 0 Å². The van der Waals surface area contributed by atoms with E-state index in [0.29, 0.717) is 27.8 Å². The first-order chi connectivity index (χ1) is 17.4. The first-order valence-corrected chi connectivity index (χ1v) is 13.3. The van der Waals surface area contributed by atoms with E-state index in [2.05, 4.69) is 10.6 Å². The molecule has 1 aliphatic heterocycles. The van der Waals surface area contributed by atoms with Crippen molar-refractivity contribution < 1.29 is 19.1 Å². The summed E-state index contributed by atoms with van der Waals surface area (Å²) in [6, 6.07) is 15.7. The number of carbonyl (C=O) groups excluding carboxylic acids is 3. The van der Waals surface area contributed by atoms with E-state index in [0.717, 1.165) is 23.1 Å². The van der Waals surface area contributed by atoms with Gasteiger partial charge in [-0.15, -0.1) is 11.3 Å². The Balaban J connectivity index is 1.38. The standard InChI is InChI=1S/C27H24Cl2N2O4S/c28-19-9-8-16(11-20(19)29)12-21(25(33)31-27-10-4-7-24(27)35-14-23(27)32)30-26(34)22-13-18(15-36-22)17-5-2-1-3-6-17/h1-3,5-6,8-9,11,13,15,21,24H,4,7,10,12,14H2,(H,30,34)(H,31,33). The zero-order valence-corrected chi connectivity index (χ0v) is 21.6. The number of nitrogens with one attached hydrogen (secondary N) is 2. The number of fused-ring (bicyclic) bond motifs is 1. The molecule has 3 atom stereocenters. The zero-order valence-electron chi connectivity index (χ0n) is 19.3. The number of carbonyl (C=O) groups is 3. The summed E-state index contributed by atoms with van der Waals surface area (Å²) in [5.74, 6) is -0.916. The first-order valence-electron chi connectivity index (χ1n) is 11.7. The maximum Gasteiger partial charge on any atom is 0.262 e. The lowest BCUT2D eigenvalue weighted by molar-refractivity contribution is -0.131. The first kappa shape index (κ1) is 25.0. The second kappa shape index (κ2) is 10.3. The summed E-state index contributed by atoms with van der Waals surface area (Å²) in [5.41, 5.74) is 1.64. The minimum absolute atomic E-state index is 0.00772. The van der Waals surface area contributed by atoms with Crippen molar-refractivity contribution in [1.29, 1.82) is 0 Å². The van der Waals surface area contributed by atoms with Crippen LogP contribution < -0.4 is 10.6 Å². The summed E-state index contributed by atoms with van der Waals surface area (Å²) in [7, 11) is 0. The van der Waals surface area contributed by atoms with Gasteiger partial charge in [-0.1, -0.05) is 59.6 Å².